The smallest absolute Gasteiger partial charge is 0.243 e. The van der Waals surface area contributed by atoms with Gasteiger partial charge in [-0.1, -0.05) is 19.8 Å². The topological polar surface area (TPSA) is 77.9 Å². The summed E-state index contributed by atoms with van der Waals surface area (Å²) in [7, 11) is -3.69. The molecule has 6 nitrogen and oxygen atoms in total. The van der Waals surface area contributed by atoms with Crippen molar-refractivity contribution in [1.29, 1.82) is 0 Å². The molecule has 144 valence electrons. The molecule has 2 unspecified atom stereocenters. The van der Waals surface area contributed by atoms with Crippen LogP contribution in [0.5, 0.6) is 0 Å². The Bertz CT molecular complexity index is 778. The zero-order chi connectivity index (χ0) is 18.9. The van der Waals surface area contributed by atoms with Gasteiger partial charge in [-0.25, -0.2) is 8.42 Å². The lowest BCUT2D eigenvalue weighted by Gasteiger charge is -2.36. The van der Waals surface area contributed by atoms with E-state index in [2.05, 4.69) is 0 Å². The van der Waals surface area contributed by atoms with Crippen LogP contribution in [-0.2, 0) is 21.2 Å². The summed E-state index contributed by atoms with van der Waals surface area (Å²) in [6.07, 6.45) is 3.99. The third kappa shape index (κ3) is 3.52. The summed E-state index contributed by atoms with van der Waals surface area (Å²) in [6.45, 7) is 4.47. The van der Waals surface area contributed by atoms with E-state index in [4.69, 9.17) is 0 Å². The lowest BCUT2D eigenvalue weighted by Crippen LogP contribution is -2.48. The molecule has 1 saturated carbocycles. The number of sulfonamides is 1. The van der Waals surface area contributed by atoms with Crippen molar-refractivity contribution in [2.24, 2.45) is 0 Å². The Hall–Kier alpha value is -1.44. The monoisotopic (exact) mass is 380 g/mol. The van der Waals surface area contributed by atoms with Crippen molar-refractivity contribution in [1.82, 2.24) is 4.31 Å². The van der Waals surface area contributed by atoms with E-state index < -0.39 is 16.1 Å². The lowest BCUT2D eigenvalue weighted by atomic mass is 9.92. The predicted octanol–water partition coefficient (Wildman–Crippen LogP) is 2.30. The van der Waals surface area contributed by atoms with Crippen LogP contribution in [0, 0.1) is 0 Å². The molecular formula is C19H28N2O4S. The Morgan fingerprint density at radius 3 is 2.69 bits per heavy atom. The number of aliphatic hydroxyl groups is 1. The van der Waals surface area contributed by atoms with Gasteiger partial charge < -0.3 is 10.0 Å². The number of benzene rings is 1. The van der Waals surface area contributed by atoms with Crippen molar-refractivity contribution in [2.75, 3.05) is 18.0 Å². The van der Waals surface area contributed by atoms with Crippen LogP contribution in [0.4, 0.5) is 5.69 Å². The van der Waals surface area contributed by atoms with Gasteiger partial charge in [0.25, 0.3) is 0 Å². The van der Waals surface area contributed by atoms with E-state index in [9.17, 15) is 18.3 Å². The number of nitrogens with zero attached hydrogens (tertiary/aromatic N) is 2. The minimum atomic E-state index is -3.69. The summed E-state index contributed by atoms with van der Waals surface area (Å²) in [5.41, 5.74) is 1.69. The molecule has 1 aromatic rings. The fourth-order valence-corrected chi connectivity index (χ4v) is 5.94. The standard InChI is InChI=1S/C19H28N2O4S/c1-3-11-21(18-6-4-5-7-19(18)23)26(24,25)16-8-9-17-15(13-16)10-12-20(17)14(2)22/h8-9,13,18-19,23H,3-7,10-12H2,1-2H3. The van der Waals surface area contributed by atoms with Crippen LogP contribution < -0.4 is 4.90 Å². The van der Waals surface area contributed by atoms with Crippen LogP contribution in [0.1, 0.15) is 51.5 Å². The number of amides is 1. The van der Waals surface area contributed by atoms with E-state index in [-0.39, 0.29) is 16.8 Å². The molecule has 1 aliphatic carbocycles. The largest absolute Gasteiger partial charge is 0.391 e. The van der Waals surface area contributed by atoms with Crippen LogP contribution in [0.15, 0.2) is 23.1 Å². The Kier molecular flexibility index (Phi) is 5.69. The van der Waals surface area contributed by atoms with E-state index in [1.165, 1.54) is 11.2 Å². The molecule has 1 aliphatic heterocycles. The highest BCUT2D eigenvalue weighted by Crippen LogP contribution is 2.33. The van der Waals surface area contributed by atoms with Gasteiger partial charge in [-0.2, -0.15) is 4.31 Å². The van der Waals surface area contributed by atoms with E-state index in [0.29, 0.717) is 38.8 Å². The van der Waals surface area contributed by atoms with Gasteiger partial charge in [-0.3, -0.25) is 4.79 Å². The maximum atomic E-state index is 13.3. The summed E-state index contributed by atoms with van der Waals surface area (Å²) >= 11 is 0. The molecule has 0 aromatic heterocycles. The van der Waals surface area contributed by atoms with Crippen molar-refractivity contribution < 1.29 is 18.3 Å². The number of anilines is 1. The van der Waals surface area contributed by atoms with Crippen LogP contribution in [0.3, 0.4) is 0 Å². The summed E-state index contributed by atoms with van der Waals surface area (Å²) in [6, 6.07) is 4.67. The van der Waals surface area contributed by atoms with Gasteiger partial charge in [-0.05, 0) is 49.4 Å². The molecule has 3 rings (SSSR count). The first-order valence-corrected chi connectivity index (χ1v) is 10.9. The molecule has 1 N–H and O–H groups in total. The number of aliphatic hydroxyl groups excluding tert-OH is 1. The van der Waals surface area contributed by atoms with Crippen LogP contribution in [0.25, 0.3) is 0 Å². The molecule has 1 fully saturated rings. The van der Waals surface area contributed by atoms with Crippen LogP contribution in [0.2, 0.25) is 0 Å². The molecule has 0 radical (unpaired) electrons. The molecule has 1 heterocycles. The first kappa shape index (κ1) is 19.3. The van der Waals surface area contributed by atoms with Crippen LogP contribution in [-0.4, -0.2) is 49.0 Å². The normalized spacial score (nSPS) is 23.3. The second-order valence-corrected chi connectivity index (χ2v) is 9.14. The number of carbonyl (C=O) groups is 1. The second kappa shape index (κ2) is 7.66. The lowest BCUT2D eigenvalue weighted by molar-refractivity contribution is -0.116. The Labute approximate surface area is 155 Å². The minimum absolute atomic E-state index is 0.0303. The zero-order valence-electron chi connectivity index (χ0n) is 15.5. The number of hydrogen-bond acceptors (Lipinski definition) is 4. The van der Waals surface area contributed by atoms with Crippen molar-refractivity contribution in [3.63, 3.8) is 0 Å². The van der Waals surface area contributed by atoms with Gasteiger partial charge in [-0.15, -0.1) is 0 Å². The quantitative estimate of drug-likeness (QED) is 0.850. The molecule has 7 heteroatoms. The molecule has 1 amide bonds. The summed E-state index contributed by atoms with van der Waals surface area (Å²) in [5.74, 6) is -0.0303. The Balaban J connectivity index is 1.94. The second-order valence-electron chi connectivity index (χ2n) is 7.25. The third-order valence-electron chi connectivity index (χ3n) is 5.44. The molecule has 0 spiro atoms. The Morgan fingerprint density at radius 1 is 1.31 bits per heavy atom. The zero-order valence-corrected chi connectivity index (χ0v) is 16.3. The average Bonchev–Trinajstić information content (AvgIpc) is 3.04. The highest BCUT2D eigenvalue weighted by atomic mass is 32.2. The molecule has 26 heavy (non-hydrogen) atoms. The first-order valence-electron chi connectivity index (χ1n) is 9.47. The van der Waals surface area contributed by atoms with Gasteiger partial charge in [0.1, 0.15) is 0 Å². The van der Waals surface area contributed by atoms with Crippen molar-refractivity contribution >= 4 is 21.6 Å². The third-order valence-corrected chi connectivity index (χ3v) is 7.36. The molecule has 0 saturated heterocycles. The van der Waals surface area contributed by atoms with Crippen molar-refractivity contribution in [2.45, 2.75) is 69.4 Å². The molecule has 1 aromatic carbocycles. The molecule has 2 aliphatic rings. The van der Waals surface area contributed by atoms with Gasteiger partial charge in [0.05, 0.1) is 17.0 Å². The molecule has 0 bridgehead atoms. The highest BCUT2D eigenvalue weighted by Gasteiger charge is 2.37. The maximum Gasteiger partial charge on any atom is 0.243 e. The van der Waals surface area contributed by atoms with E-state index in [1.54, 1.807) is 23.1 Å². The number of fused-ring (bicyclic) bond motifs is 1. The number of hydrogen-bond donors (Lipinski definition) is 1. The van der Waals surface area contributed by atoms with Gasteiger partial charge >= 0.3 is 0 Å². The minimum Gasteiger partial charge on any atom is -0.391 e. The van der Waals surface area contributed by atoms with Gasteiger partial charge in [0.2, 0.25) is 15.9 Å². The first-order chi connectivity index (χ1) is 12.4. The molecule has 2 atom stereocenters. The number of carbonyl (C=O) groups excluding carboxylic acids is 1. The highest BCUT2D eigenvalue weighted by molar-refractivity contribution is 7.89. The van der Waals surface area contributed by atoms with Crippen LogP contribution >= 0.6 is 0 Å². The Morgan fingerprint density at radius 2 is 2.04 bits per heavy atom. The fourth-order valence-electron chi connectivity index (χ4n) is 4.11. The predicted molar refractivity (Wildman–Crippen MR) is 101 cm³/mol. The van der Waals surface area contributed by atoms with E-state index in [1.807, 2.05) is 6.92 Å². The molecular weight excluding hydrogens is 352 g/mol. The summed E-state index contributed by atoms with van der Waals surface area (Å²) in [4.78, 5) is 13.6. The summed E-state index contributed by atoms with van der Waals surface area (Å²) in [5, 5.41) is 10.4. The van der Waals surface area contributed by atoms with E-state index >= 15 is 0 Å². The average molecular weight is 381 g/mol. The maximum absolute atomic E-state index is 13.3. The van der Waals surface area contributed by atoms with Crippen molar-refractivity contribution in [3.8, 4) is 0 Å². The van der Waals surface area contributed by atoms with Crippen molar-refractivity contribution in [3.05, 3.63) is 23.8 Å². The SMILES string of the molecule is CCCN(C1CCCCC1O)S(=O)(=O)c1ccc2c(c1)CCN2C(C)=O. The van der Waals surface area contributed by atoms with Gasteiger partial charge in [0, 0.05) is 25.7 Å². The fraction of sp³-hybridized carbons (Fsp3) is 0.632. The van der Waals surface area contributed by atoms with E-state index in [0.717, 1.165) is 24.1 Å². The summed E-state index contributed by atoms with van der Waals surface area (Å²) < 4.78 is 28.1. The van der Waals surface area contributed by atoms with Gasteiger partial charge in [0.15, 0.2) is 0 Å². The number of rotatable bonds is 5.